The summed E-state index contributed by atoms with van der Waals surface area (Å²) in [6, 6.07) is 13.3. The van der Waals surface area contributed by atoms with Gasteiger partial charge in [0.15, 0.2) is 5.82 Å². The molecule has 0 amide bonds. The van der Waals surface area contributed by atoms with Crippen molar-refractivity contribution in [2.24, 2.45) is 0 Å². The van der Waals surface area contributed by atoms with Gasteiger partial charge in [-0.2, -0.15) is 0 Å². The van der Waals surface area contributed by atoms with E-state index in [0.29, 0.717) is 23.0 Å². The monoisotopic (exact) mass is 456 g/mol. The Kier molecular flexibility index (Phi) is 5.01. The lowest BCUT2D eigenvalue weighted by Crippen LogP contribution is -2.44. The molecule has 0 unspecified atom stereocenters. The summed E-state index contributed by atoms with van der Waals surface area (Å²) in [4.78, 5) is 27.5. The number of imidazole rings is 1. The van der Waals surface area contributed by atoms with E-state index < -0.39 is 0 Å². The second kappa shape index (κ2) is 8.20. The summed E-state index contributed by atoms with van der Waals surface area (Å²) in [5, 5.41) is 3.58. The number of carbonyl (C=O) groups excluding carboxylic acids is 1. The predicted octanol–water partition coefficient (Wildman–Crippen LogP) is 4.59. The Bertz CT molecular complexity index is 1360. The fraction of sp³-hybridized carbons (Fsp3) is 0.308. The third kappa shape index (κ3) is 3.69. The van der Waals surface area contributed by atoms with Crippen molar-refractivity contribution in [3.63, 3.8) is 0 Å². The molecule has 1 atom stereocenters. The quantitative estimate of drug-likeness (QED) is 0.428. The van der Waals surface area contributed by atoms with Crippen LogP contribution < -0.4 is 10.2 Å². The third-order valence-electron chi connectivity index (χ3n) is 6.94. The van der Waals surface area contributed by atoms with Gasteiger partial charge in [0.1, 0.15) is 35.4 Å². The highest BCUT2D eigenvalue weighted by molar-refractivity contribution is 5.74. The third-order valence-corrected chi connectivity index (χ3v) is 6.94. The zero-order valence-electron chi connectivity index (χ0n) is 18.7. The number of rotatable bonds is 6. The van der Waals surface area contributed by atoms with Crippen LogP contribution in [0.5, 0.6) is 0 Å². The number of piperidine rings is 1. The van der Waals surface area contributed by atoms with Crippen LogP contribution in [0.2, 0.25) is 0 Å². The maximum atomic E-state index is 13.8. The Labute approximate surface area is 196 Å². The van der Waals surface area contributed by atoms with E-state index in [-0.39, 0.29) is 17.4 Å². The number of anilines is 2. The van der Waals surface area contributed by atoms with E-state index in [1.54, 1.807) is 22.9 Å². The summed E-state index contributed by atoms with van der Waals surface area (Å²) in [7, 11) is 0. The molecule has 0 radical (unpaired) electrons. The predicted molar refractivity (Wildman–Crippen MR) is 128 cm³/mol. The number of aldehydes is 1. The normalized spacial score (nSPS) is 19.2. The number of fused-ring (bicyclic) bond motifs is 1. The maximum Gasteiger partial charge on any atom is 0.180 e. The lowest BCUT2D eigenvalue weighted by Gasteiger charge is -2.38. The van der Waals surface area contributed by atoms with Gasteiger partial charge in [-0.05, 0) is 68.0 Å². The Balaban J connectivity index is 1.28. The second-order valence-corrected chi connectivity index (χ2v) is 9.16. The Morgan fingerprint density at radius 1 is 1.12 bits per heavy atom. The Hall–Kier alpha value is -3.81. The first-order valence-corrected chi connectivity index (χ1v) is 11.7. The van der Waals surface area contributed by atoms with E-state index in [1.165, 1.54) is 12.3 Å². The maximum absolute atomic E-state index is 13.8. The largest absolute Gasteiger partial charge is 0.351 e. The molecule has 1 aliphatic carbocycles. The minimum atomic E-state index is -0.344. The molecule has 6 rings (SSSR count). The molecule has 1 aromatic carbocycles. The van der Waals surface area contributed by atoms with Gasteiger partial charge >= 0.3 is 0 Å². The standard InChI is InChI=1S/C26H25FN6O/c27-19-7-8-23-29-15-21(33(23)16-19)25-28-12-9-22(31-25)30-24-6-1-2-13-32(24)20-5-3-4-18(14-20)26(17-34)10-11-26/h3-5,7-9,12,14-17,24H,1-2,6,10-11,13H2,(H,28,30,31)/t24-/m1/s1. The molecule has 1 saturated heterocycles. The van der Waals surface area contributed by atoms with Crippen LogP contribution in [0.15, 0.2) is 61.1 Å². The van der Waals surface area contributed by atoms with Gasteiger partial charge in [0.25, 0.3) is 0 Å². The molecule has 0 bridgehead atoms. The number of hydrogen-bond acceptors (Lipinski definition) is 6. The number of nitrogens with one attached hydrogen (secondary N) is 1. The molecule has 0 spiro atoms. The van der Waals surface area contributed by atoms with Gasteiger partial charge in [0, 0.05) is 24.6 Å². The molecule has 7 nitrogen and oxygen atoms in total. The van der Waals surface area contributed by atoms with E-state index in [2.05, 4.69) is 38.4 Å². The molecule has 1 aliphatic heterocycles. The highest BCUT2D eigenvalue weighted by atomic mass is 19.1. The second-order valence-electron chi connectivity index (χ2n) is 9.16. The highest BCUT2D eigenvalue weighted by Gasteiger charge is 2.44. The number of aromatic nitrogens is 4. The van der Waals surface area contributed by atoms with E-state index in [4.69, 9.17) is 4.98 Å². The van der Waals surface area contributed by atoms with Crippen molar-refractivity contribution in [1.29, 1.82) is 0 Å². The Morgan fingerprint density at radius 2 is 2.03 bits per heavy atom. The first kappa shape index (κ1) is 20.8. The van der Waals surface area contributed by atoms with Crippen LogP contribution in [0.4, 0.5) is 15.9 Å². The SMILES string of the molecule is O=CC1(c2cccc(N3CCCC[C@@H]3Nc3ccnc(-c4cnc5ccc(F)cn45)n3)c2)CC1. The van der Waals surface area contributed by atoms with Crippen LogP contribution in [-0.2, 0) is 10.2 Å². The van der Waals surface area contributed by atoms with Crippen molar-refractivity contribution in [1.82, 2.24) is 19.4 Å². The highest BCUT2D eigenvalue weighted by Crippen LogP contribution is 2.47. The first-order chi connectivity index (χ1) is 16.6. The van der Waals surface area contributed by atoms with Crippen LogP contribution in [0, 0.1) is 5.82 Å². The number of hydrogen-bond donors (Lipinski definition) is 1. The molecule has 34 heavy (non-hydrogen) atoms. The summed E-state index contributed by atoms with van der Waals surface area (Å²) < 4.78 is 15.5. The van der Waals surface area contributed by atoms with Gasteiger partial charge in [-0.1, -0.05) is 12.1 Å². The molecule has 2 fully saturated rings. The Morgan fingerprint density at radius 3 is 2.88 bits per heavy atom. The van der Waals surface area contributed by atoms with Crippen molar-refractivity contribution < 1.29 is 9.18 Å². The number of halogens is 1. The average Bonchev–Trinajstić information content (AvgIpc) is 3.57. The molecule has 4 aromatic rings. The van der Waals surface area contributed by atoms with E-state index in [9.17, 15) is 9.18 Å². The molecule has 1 saturated carbocycles. The average molecular weight is 457 g/mol. The van der Waals surface area contributed by atoms with Gasteiger partial charge < -0.3 is 15.0 Å². The van der Waals surface area contributed by atoms with Gasteiger partial charge in [0.2, 0.25) is 0 Å². The molecule has 8 heteroatoms. The molecule has 3 aromatic heterocycles. The minimum absolute atomic E-state index is 0.0674. The smallest absolute Gasteiger partial charge is 0.180 e. The van der Waals surface area contributed by atoms with Crippen LogP contribution in [0.25, 0.3) is 17.2 Å². The van der Waals surface area contributed by atoms with E-state index in [0.717, 1.165) is 56.2 Å². The van der Waals surface area contributed by atoms with E-state index in [1.807, 2.05) is 12.1 Å². The summed E-state index contributed by atoms with van der Waals surface area (Å²) >= 11 is 0. The molecule has 2 aliphatic rings. The van der Waals surface area contributed by atoms with Crippen molar-refractivity contribution in [3.05, 3.63) is 72.4 Å². The van der Waals surface area contributed by atoms with Crippen molar-refractivity contribution in [2.45, 2.75) is 43.7 Å². The van der Waals surface area contributed by atoms with Crippen LogP contribution >= 0.6 is 0 Å². The van der Waals surface area contributed by atoms with Crippen molar-refractivity contribution in [3.8, 4) is 11.5 Å². The van der Waals surface area contributed by atoms with Gasteiger partial charge in [-0.3, -0.25) is 4.40 Å². The summed E-state index contributed by atoms with van der Waals surface area (Å²) in [6.07, 6.45) is 11.0. The zero-order valence-corrected chi connectivity index (χ0v) is 18.7. The lowest BCUT2D eigenvalue weighted by molar-refractivity contribution is -0.109. The summed E-state index contributed by atoms with van der Waals surface area (Å²) in [5.41, 5.74) is 3.21. The number of pyridine rings is 1. The van der Waals surface area contributed by atoms with Gasteiger partial charge in [-0.15, -0.1) is 0 Å². The topological polar surface area (TPSA) is 75.4 Å². The summed E-state index contributed by atoms with van der Waals surface area (Å²) in [6.45, 7) is 0.930. The molecule has 4 heterocycles. The van der Waals surface area contributed by atoms with Crippen molar-refractivity contribution >= 4 is 23.4 Å². The molecular weight excluding hydrogens is 431 g/mol. The van der Waals surface area contributed by atoms with Crippen LogP contribution in [0.1, 0.15) is 37.7 Å². The fourth-order valence-corrected chi connectivity index (χ4v) is 4.85. The fourth-order valence-electron chi connectivity index (χ4n) is 4.85. The molecular formula is C26H25FN6O. The van der Waals surface area contributed by atoms with Crippen molar-refractivity contribution in [2.75, 3.05) is 16.8 Å². The number of benzene rings is 1. The van der Waals surface area contributed by atoms with Gasteiger partial charge in [-0.25, -0.2) is 19.3 Å². The van der Waals surface area contributed by atoms with Crippen LogP contribution in [-0.4, -0.2) is 38.3 Å². The molecule has 1 N–H and O–H groups in total. The van der Waals surface area contributed by atoms with Crippen LogP contribution in [0.3, 0.4) is 0 Å². The first-order valence-electron chi connectivity index (χ1n) is 11.7. The minimum Gasteiger partial charge on any atom is -0.351 e. The lowest BCUT2D eigenvalue weighted by atomic mass is 9.96. The van der Waals surface area contributed by atoms with E-state index >= 15 is 0 Å². The molecule has 172 valence electrons. The number of nitrogens with zero attached hydrogens (tertiary/aromatic N) is 5. The summed E-state index contributed by atoms with van der Waals surface area (Å²) in [5.74, 6) is 0.841. The zero-order chi connectivity index (χ0) is 23.1. The van der Waals surface area contributed by atoms with Gasteiger partial charge in [0.05, 0.1) is 11.6 Å². The number of carbonyl (C=O) groups is 1.